The second-order valence-electron chi connectivity index (χ2n) is 5.88. The third-order valence-corrected chi connectivity index (χ3v) is 5.28. The highest BCUT2D eigenvalue weighted by molar-refractivity contribution is 8.16. The molecule has 22 heavy (non-hydrogen) atoms. The monoisotopic (exact) mass is 318 g/mol. The molecule has 0 spiro atoms. The van der Waals surface area contributed by atoms with Crippen LogP contribution in [0.15, 0.2) is 16.1 Å². The fourth-order valence-electron chi connectivity index (χ4n) is 3.30. The number of carbonyl (C=O) groups excluding carboxylic acids is 1. The molecule has 1 atom stereocenters. The second kappa shape index (κ2) is 5.12. The molecular weight excluding hydrogens is 300 g/mol. The van der Waals surface area contributed by atoms with E-state index >= 15 is 0 Å². The van der Waals surface area contributed by atoms with Crippen LogP contribution >= 0.6 is 11.8 Å². The van der Waals surface area contributed by atoms with E-state index in [1.165, 1.54) is 0 Å². The summed E-state index contributed by atoms with van der Waals surface area (Å²) in [5, 5.41) is 11.4. The van der Waals surface area contributed by atoms with Crippen molar-refractivity contribution in [3.05, 3.63) is 22.8 Å². The first kappa shape index (κ1) is 13.8. The molecule has 1 amide bonds. The molecule has 4 rings (SSSR count). The van der Waals surface area contributed by atoms with Crippen LogP contribution in [0, 0.1) is 6.92 Å². The topological polar surface area (TPSA) is 66.6 Å². The van der Waals surface area contributed by atoms with Gasteiger partial charge in [0.25, 0.3) is 0 Å². The summed E-state index contributed by atoms with van der Waals surface area (Å²) in [7, 11) is 0. The minimum atomic E-state index is 0.152. The number of thioether (sulfide) groups is 1. The normalized spacial score (nSPS) is 23.3. The van der Waals surface area contributed by atoms with Gasteiger partial charge >= 0.3 is 0 Å². The molecule has 1 aromatic heterocycles. The molecule has 3 aliphatic rings. The van der Waals surface area contributed by atoms with Gasteiger partial charge in [-0.05, 0) is 19.3 Å². The highest BCUT2D eigenvalue weighted by Crippen LogP contribution is 2.32. The first-order chi connectivity index (χ1) is 10.6. The molecule has 0 aromatic carbocycles. The Kier molecular flexibility index (Phi) is 3.21. The highest BCUT2D eigenvalue weighted by atomic mass is 32.2. The van der Waals surface area contributed by atoms with Crippen LogP contribution in [0.5, 0.6) is 0 Å². The molecule has 8 heteroatoms. The minimum Gasteiger partial charge on any atom is -0.333 e. The second-order valence-corrected chi connectivity index (χ2v) is 6.71. The lowest BCUT2D eigenvalue weighted by Crippen LogP contribution is -2.41. The van der Waals surface area contributed by atoms with E-state index < -0.39 is 0 Å². The molecule has 0 radical (unpaired) electrons. The van der Waals surface area contributed by atoms with Gasteiger partial charge in [-0.3, -0.25) is 9.79 Å². The molecule has 0 fully saturated rings. The number of aryl methyl sites for hydroxylation is 1. The smallest absolute Gasteiger partial charge is 0.229 e. The summed E-state index contributed by atoms with van der Waals surface area (Å²) in [4.78, 5) is 21.1. The maximum atomic E-state index is 12.7. The van der Waals surface area contributed by atoms with Crippen molar-refractivity contribution in [1.29, 1.82) is 0 Å². The molecule has 0 N–H and O–H groups in total. The van der Waals surface area contributed by atoms with Crippen LogP contribution in [-0.4, -0.2) is 55.3 Å². The Bertz CT molecular complexity index is 694. The summed E-state index contributed by atoms with van der Waals surface area (Å²) in [6.45, 7) is 7.05. The predicted octanol–water partition coefficient (Wildman–Crippen LogP) is 1.14. The van der Waals surface area contributed by atoms with Gasteiger partial charge in [0.2, 0.25) is 5.91 Å². The summed E-state index contributed by atoms with van der Waals surface area (Å²) < 4.78 is 2.12. The van der Waals surface area contributed by atoms with Gasteiger partial charge in [-0.1, -0.05) is 11.8 Å². The van der Waals surface area contributed by atoms with Gasteiger partial charge in [0.1, 0.15) is 5.82 Å². The Hall–Kier alpha value is -1.83. The van der Waals surface area contributed by atoms with Crippen molar-refractivity contribution in [2.24, 2.45) is 4.99 Å². The van der Waals surface area contributed by atoms with Gasteiger partial charge in [-0.25, -0.2) is 0 Å². The first-order valence-corrected chi connectivity index (χ1v) is 8.37. The molecule has 116 valence electrons. The van der Waals surface area contributed by atoms with Crippen molar-refractivity contribution in [2.75, 3.05) is 19.6 Å². The van der Waals surface area contributed by atoms with E-state index in [-0.39, 0.29) is 11.9 Å². The third-order valence-electron chi connectivity index (χ3n) is 4.33. The number of aromatic nitrogens is 3. The summed E-state index contributed by atoms with van der Waals surface area (Å²) >= 11 is 1.62. The lowest BCUT2D eigenvalue weighted by Gasteiger charge is -2.32. The van der Waals surface area contributed by atoms with Crippen molar-refractivity contribution in [3.8, 4) is 0 Å². The molecule has 0 unspecified atom stereocenters. The van der Waals surface area contributed by atoms with Gasteiger partial charge in [-0.15, -0.1) is 10.2 Å². The fourth-order valence-corrected chi connectivity index (χ4v) is 4.26. The van der Waals surface area contributed by atoms with Crippen LogP contribution in [0.1, 0.15) is 31.0 Å². The number of carbonyl (C=O) groups is 1. The number of aliphatic imine (C=N–C) groups is 1. The van der Waals surface area contributed by atoms with E-state index in [9.17, 15) is 4.79 Å². The molecule has 0 bridgehead atoms. The molecule has 0 saturated heterocycles. The number of rotatable bonds is 2. The van der Waals surface area contributed by atoms with Gasteiger partial charge < -0.3 is 14.4 Å². The van der Waals surface area contributed by atoms with Crippen LogP contribution in [-0.2, 0) is 11.3 Å². The average Bonchev–Trinajstić information content (AvgIpc) is 3.17. The Morgan fingerprint density at radius 1 is 1.45 bits per heavy atom. The molecule has 0 aliphatic carbocycles. The average molecular weight is 318 g/mol. The van der Waals surface area contributed by atoms with Gasteiger partial charge in [0, 0.05) is 18.8 Å². The van der Waals surface area contributed by atoms with Gasteiger partial charge in [0.05, 0.1) is 25.6 Å². The van der Waals surface area contributed by atoms with E-state index in [0.717, 1.165) is 35.6 Å². The van der Waals surface area contributed by atoms with E-state index in [0.29, 0.717) is 19.5 Å². The molecular formula is C14H18N6OS. The van der Waals surface area contributed by atoms with Crippen LogP contribution in [0.2, 0.25) is 0 Å². The standard InChI is InChI=1S/C14H18N6OS/c1-9-6-18(7-12-17-16-10(2)20(9)12)13(21)5-11-8-22-14-15-3-4-19(11)14/h8-9H,3-7H2,1-2H3/t9-/m0/s1. The van der Waals surface area contributed by atoms with E-state index in [2.05, 4.69) is 37.0 Å². The van der Waals surface area contributed by atoms with Crippen molar-refractivity contribution in [1.82, 2.24) is 24.6 Å². The zero-order chi connectivity index (χ0) is 15.3. The van der Waals surface area contributed by atoms with Gasteiger partial charge in [0.15, 0.2) is 11.0 Å². The summed E-state index contributed by atoms with van der Waals surface area (Å²) in [6, 6.07) is 0.221. The minimum absolute atomic E-state index is 0.152. The molecule has 0 saturated carbocycles. The Balaban J connectivity index is 1.47. The predicted molar refractivity (Wildman–Crippen MR) is 84.2 cm³/mol. The van der Waals surface area contributed by atoms with Crippen molar-refractivity contribution in [2.45, 2.75) is 32.9 Å². The molecule has 7 nitrogen and oxygen atoms in total. The Morgan fingerprint density at radius 2 is 2.32 bits per heavy atom. The highest BCUT2D eigenvalue weighted by Gasteiger charge is 2.32. The van der Waals surface area contributed by atoms with Crippen LogP contribution < -0.4 is 0 Å². The third kappa shape index (κ3) is 2.13. The molecule has 4 heterocycles. The Morgan fingerprint density at radius 3 is 3.18 bits per heavy atom. The van der Waals surface area contributed by atoms with Crippen molar-refractivity contribution >= 4 is 22.8 Å². The number of hydrogen-bond acceptors (Lipinski definition) is 6. The van der Waals surface area contributed by atoms with Gasteiger partial charge in [-0.2, -0.15) is 0 Å². The first-order valence-electron chi connectivity index (χ1n) is 7.49. The number of hydrogen-bond donors (Lipinski definition) is 0. The maximum absolute atomic E-state index is 12.7. The maximum Gasteiger partial charge on any atom is 0.229 e. The van der Waals surface area contributed by atoms with E-state index in [4.69, 9.17) is 0 Å². The zero-order valence-electron chi connectivity index (χ0n) is 12.7. The molecule has 3 aliphatic heterocycles. The lowest BCUT2D eigenvalue weighted by molar-refractivity contribution is -0.132. The zero-order valence-corrected chi connectivity index (χ0v) is 13.5. The summed E-state index contributed by atoms with van der Waals surface area (Å²) in [5.41, 5.74) is 1.07. The fraction of sp³-hybridized carbons (Fsp3) is 0.571. The lowest BCUT2D eigenvalue weighted by atomic mass is 10.2. The molecule has 1 aromatic rings. The van der Waals surface area contributed by atoms with Crippen LogP contribution in [0.3, 0.4) is 0 Å². The number of nitrogens with zero attached hydrogens (tertiary/aromatic N) is 6. The summed E-state index contributed by atoms with van der Waals surface area (Å²) in [5.74, 6) is 1.95. The van der Waals surface area contributed by atoms with Crippen molar-refractivity contribution < 1.29 is 4.79 Å². The summed E-state index contributed by atoms with van der Waals surface area (Å²) in [6.07, 6.45) is 0.436. The number of amides is 1. The van der Waals surface area contributed by atoms with Crippen LogP contribution in [0.25, 0.3) is 0 Å². The van der Waals surface area contributed by atoms with E-state index in [1.807, 2.05) is 11.8 Å². The SMILES string of the molecule is Cc1nnc2n1[C@@H](C)CN(C(=O)CC1=CSC3=NCCN13)C2. The van der Waals surface area contributed by atoms with Crippen LogP contribution in [0.4, 0.5) is 0 Å². The van der Waals surface area contributed by atoms with E-state index in [1.54, 1.807) is 11.8 Å². The largest absolute Gasteiger partial charge is 0.333 e. The number of amidine groups is 1. The quantitative estimate of drug-likeness (QED) is 0.818. The number of fused-ring (bicyclic) bond motifs is 2. The Labute approximate surface area is 133 Å². The van der Waals surface area contributed by atoms with Crippen molar-refractivity contribution in [3.63, 3.8) is 0 Å².